The van der Waals surface area contributed by atoms with Crippen molar-refractivity contribution in [2.45, 2.75) is 37.1 Å². The number of aryl methyl sites for hydroxylation is 1. The molecule has 0 spiro atoms. The summed E-state index contributed by atoms with van der Waals surface area (Å²) in [6, 6.07) is 3.55. The molecule has 2 aromatic rings. The Morgan fingerprint density at radius 2 is 2.19 bits per heavy atom. The van der Waals surface area contributed by atoms with Crippen LogP contribution in [-0.4, -0.2) is 22.0 Å². The Hall–Kier alpha value is -1.50. The van der Waals surface area contributed by atoms with Crippen molar-refractivity contribution in [1.29, 1.82) is 0 Å². The van der Waals surface area contributed by atoms with E-state index in [2.05, 4.69) is 25.9 Å². The fraction of sp³-hybridized carbons (Fsp3) is 0.429. The Morgan fingerprint density at radius 1 is 1.48 bits per heavy atom. The Bertz CT molecular complexity index is 752. The molecule has 1 aliphatic carbocycles. The van der Waals surface area contributed by atoms with Crippen LogP contribution in [0.5, 0.6) is 5.75 Å². The van der Waals surface area contributed by atoms with Crippen LogP contribution in [0, 0.1) is 6.92 Å². The van der Waals surface area contributed by atoms with E-state index in [0.717, 1.165) is 5.56 Å². The number of halogens is 3. The summed E-state index contributed by atoms with van der Waals surface area (Å²) in [4.78, 5) is 18.6. The number of rotatable bonds is 3. The van der Waals surface area contributed by atoms with Gasteiger partial charge in [0.25, 0.3) is 11.5 Å². The molecule has 0 aliphatic heterocycles. The molecule has 3 rings (SSSR count). The number of ether oxygens (including phenoxy) is 1. The molecule has 1 aromatic carbocycles. The summed E-state index contributed by atoms with van der Waals surface area (Å²) in [5.41, 5.74) is 1.97. The molecule has 0 saturated heterocycles. The molecule has 1 aliphatic rings. The minimum atomic E-state index is -2.63. The van der Waals surface area contributed by atoms with Gasteiger partial charge in [-0.15, -0.1) is 0 Å². The van der Waals surface area contributed by atoms with Crippen molar-refractivity contribution in [3.05, 3.63) is 33.7 Å². The lowest BCUT2D eigenvalue weighted by Gasteiger charge is -2.35. The summed E-state index contributed by atoms with van der Waals surface area (Å²) in [7, 11) is 0. The molecule has 1 N–H and O–H groups in total. The summed E-state index contributed by atoms with van der Waals surface area (Å²) in [5, 5.41) is 0.566. The first kappa shape index (κ1) is 14.4. The van der Waals surface area contributed by atoms with Gasteiger partial charge in [0.15, 0.2) is 0 Å². The van der Waals surface area contributed by atoms with E-state index in [1.165, 1.54) is 0 Å². The highest BCUT2D eigenvalue weighted by Gasteiger charge is 2.47. The lowest BCUT2D eigenvalue weighted by Crippen LogP contribution is -2.43. The van der Waals surface area contributed by atoms with Gasteiger partial charge in [-0.05, 0) is 24.6 Å². The highest BCUT2D eigenvalue weighted by molar-refractivity contribution is 9.08. The highest BCUT2D eigenvalue weighted by atomic mass is 79.9. The molecule has 112 valence electrons. The van der Waals surface area contributed by atoms with Gasteiger partial charge in [0.2, 0.25) is 0 Å². The van der Waals surface area contributed by atoms with Crippen molar-refractivity contribution < 1.29 is 13.5 Å². The van der Waals surface area contributed by atoms with E-state index in [4.69, 9.17) is 4.74 Å². The molecule has 0 bridgehead atoms. The van der Waals surface area contributed by atoms with Crippen molar-refractivity contribution in [2.24, 2.45) is 0 Å². The van der Waals surface area contributed by atoms with Gasteiger partial charge in [0, 0.05) is 18.2 Å². The molecule has 21 heavy (non-hydrogen) atoms. The zero-order chi connectivity index (χ0) is 15.2. The minimum absolute atomic E-state index is 0.268. The molecule has 4 nitrogen and oxygen atoms in total. The van der Waals surface area contributed by atoms with Gasteiger partial charge < -0.3 is 9.72 Å². The van der Waals surface area contributed by atoms with E-state index in [1.54, 1.807) is 19.1 Å². The molecule has 1 aromatic heterocycles. The topological polar surface area (TPSA) is 55.0 Å². The van der Waals surface area contributed by atoms with Gasteiger partial charge in [-0.2, -0.15) is 0 Å². The third-order valence-electron chi connectivity index (χ3n) is 3.49. The molecule has 0 atom stereocenters. The maximum Gasteiger partial charge on any atom is 0.269 e. The fourth-order valence-corrected chi connectivity index (χ4v) is 2.67. The zero-order valence-corrected chi connectivity index (χ0v) is 12.8. The molecule has 0 radical (unpaired) electrons. The first-order chi connectivity index (χ1) is 9.88. The van der Waals surface area contributed by atoms with E-state index >= 15 is 0 Å². The van der Waals surface area contributed by atoms with Crippen LogP contribution in [0.3, 0.4) is 0 Å². The average molecular weight is 359 g/mol. The number of alkyl halides is 3. The maximum atomic E-state index is 12.9. The van der Waals surface area contributed by atoms with Crippen molar-refractivity contribution >= 4 is 27.0 Å². The van der Waals surface area contributed by atoms with Crippen molar-refractivity contribution in [3.63, 3.8) is 0 Å². The highest BCUT2D eigenvalue weighted by Crippen LogP contribution is 2.40. The number of hydrogen-bond donors (Lipinski definition) is 1. The molecular formula is C14H13BrF2N2O2. The Balaban J connectivity index is 2.03. The second kappa shape index (κ2) is 5.05. The zero-order valence-electron chi connectivity index (χ0n) is 11.3. The average Bonchev–Trinajstić information content (AvgIpc) is 2.38. The van der Waals surface area contributed by atoms with Crippen LogP contribution in [0.1, 0.15) is 24.1 Å². The summed E-state index contributed by atoms with van der Waals surface area (Å²) < 4.78 is 31.5. The standard InChI is InChI=1S/C14H13BrF2N2O2/c1-7-13(20)19-10-2-8(6-15)3-11(12(10)18-7)21-9-4-14(16,17)5-9/h2-3,9H,4-6H2,1H3,(H,19,20). The van der Waals surface area contributed by atoms with E-state index in [9.17, 15) is 13.6 Å². The summed E-state index contributed by atoms with van der Waals surface area (Å²) in [6.45, 7) is 1.60. The Morgan fingerprint density at radius 3 is 2.81 bits per heavy atom. The quantitative estimate of drug-likeness (QED) is 0.856. The van der Waals surface area contributed by atoms with Gasteiger partial charge in [-0.1, -0.05) is 15.9 Å². The number of fused-ring (bicyclic) bond motifs is 1. The summed E-state index contributed by atoms with van der Waals surface area (Å²) >= 11 is 3.34. The number of hydrogen-bond acceptors (Lipinski definition) is 3. The molecule has 1 fully saturated rings. The number of nitrogens with one attached hydrogen (secondary N) is 1. The largest absolute Gasteiger partial charge is 0.488 e. The first-order valence-corrected chi connectivity index (χ1v) is 7.64. The van der Waals surface area contributed by atoms with Crippen LogP contribution >= 0.6 is 15.9 Å². The summed E-state index contributed by atoms with van der Waals surface area (Å²) in [6.07, 6.45) is -1.08. The number of aromatic amines is 1. The first-order valence-electron chi connectivity index (χ1n) is 6.52. The van der Waals surface area contributed by atoms with E-state index < -0.39 is 12.0 Å². The van der Waals surface area contributed by atoms with Gasteiger partial charge in [-0.25, -0.2) is 13.8 Å². The van der Waals surface area contributed by atoms with Crippen LogP contribution in [0.2, 0.25) is 0 Å². The normalized spacial score (nSPS) is 17.7. The number of aromatic nitrogens is 2. The van der Waals surface area contributed by atoms with E-state index in [0.29, 0.717) is 27.8 Å². The SMILES string of the molecule is Cc1nc2c(OC3CC(F)(F)C3)cc(CBr)cc2[nH]c1=O. The third-order valence-corrected chi connectivity index (χ3v) is 4.14. The van der Waals surface area contributed by atoms with Gasteiger partial charge in [-0.3, -0.25) is 4.79 Å². The summed E-state index contributed by atoms with van der Waals surface area (Å²) in [5.74, 6) is -2.20. The molecule has 1 heterocycles. The van der Waals surface area contributed by atoms with Crippen molar-refractivity contribution in [3.8, 4) is 5.75 Å². The predicted molar refractivity (Wildman–Crippen MR) is 78.3 cm³/mol. The Kier molecular flexibility index (Phi) is 3.47. The van der Waals surface area contributed by atoms with Crippen LogP contribution in [-0.2, 0) is 5.33 Å². The molecular weight excluding hydrogens is 346 g/mol. The second-order valence-electron chi connectivity index (χ2n) is 5.28. The van der Waals surface area contributed by atoms with Crippen molar-refractivity contribution in [2.75, 3.05) is 0 Å². The minimum Gasteiger partial charge on any atom is -0.488 e. The smallest absolute Gasteiger partial charge is 0.269 e. The molecule has 0 amide bonds. The van der Waals surface area contributed by atoms with Crippen LogP contribution in [0.15, 0.2) is 16.9 Å². The predicted octanol–water partition coefficient (Wildman–Crippen LogP) is 3.30. The number of benzene rings is 1. The maximum absolute atomic E-state index is 12.9. The third kappa shape index (κ3) is 2.79. The number of nitrogens with zero attached hydrogens (tertiary/aromatic N) is 1. The van der Waals surface area contributed by atoms with Crippen molar-refractivity contribution in [1.82, 2.24) is 9.97 Å². The van der Waals surface area contributed by atoms with E-state index in [1.807, 2.05) is 0 Å². The number of H-pyrrole nitrogens is 1. The molecule has 1 saturated carbocycles. The van der Waals surface area contributed by atoms with Crippen LogP contribution < -0.4 is 10.3 Å². The molecule has 7 heteroatoms. The van der Waals surface area contributed by atoms with E-state index in [-0.39, 0.29) is 18.4 Å². The Labute approximate surface area is 127 Å². The fourth-order valence-electron chi connectivity index (χ4n) is 2.34. The monoisotopic (exact) mass is 358 g/mol. The molecule has 0 unspecified atom stereocenters. The lowest BCUT2D eigenvalue weighted by atomic mass is 9.91. The van der Waals surface area contributed by atoms with Gasteiger partial charge >= 0.3 is 0 Å². The van der Waals surface area contributed by atoms with Crippen LogP contribution in [0.25, 0.3) is 11.0 Å². The lowest BCUT2D eigenvalue weighted by molar-refractivity contribution is -0.134. The van der Waals surface area contributed by atoms with Gasteiger partial charge in [0.05, 0.1) is 5.52 Å². The van der Waals surface area contributed by atoms with Gasteiger partial charge in [0.1, 0.15) is 23.1 Å². The van der Waals surface area contributed by atoms with Crippen LogP contribution in [0.4, 0.5) is 8.78 Å². The second-order valence-corrected chi connectivity index (χ2v) is 5.84.